The lowest BCUT2D eigenvalue weighted by atomic mass is 10.1. The van der Waals surface area contributed by atoms with Crippen molar-refractivity contribution in [2.45, 2.75) is 26.4 Å². The Bertz CT molecular complexity index is 642. The van der Waals surface area contributed by atoms with E-state index in [1.807, 2.05) is 0 Å². The van der Waals surface area contributed by atoms with Crippen molar-refractivity contribution in [3.8, 4) is 5.75 Å². The van der Waals surface area contributed by atoms with Crippen LogP contribution in [0, 0.1) is 0 Å². The smallest absolute Gasteiger partial charge is 0.326 e. The zero-order valence-electron chi connectivity index (χ0n) is 14.0. The lowest BCUT2D eigenvalue weighted by molar-refractivity contribution is -0.149. The second-order valence-corrected chi connectivity index (χ2v) is 5.48. The normalized spacial score (nSPS) is 14.6. The molecule has 0 bridgehead atoms. The van der Waals surface area contributed by atoms with Crippen molar-refractivity contribution < 1.29 is 28.6 Å². The molecule has 0 radical (unpaired) electrons. The molecule has 0 saturated carbocycles. The summed E-state index contributed by atoms with van der Waals surface area (Å²) >= 11 is 0. The van der Waals surface area contributed by atoms with Crippen LogP contribution in [0.5, 0.6) is 5.75 Å². The third-order valence-corrected chi connectivity index (χ3v) is 3.57. The molecular weight excluding hydrogens is 314 g/mol. The van der Waals surface area contributed by atoms with Gasteiger partial charge in [-0.05, 0) is 25.1 Å². The number of methoxy groups -OCH3 is 1. The summed E-state index contributed by atoms with van der Waals surface area (Å²) in [6, 6.07) is 4.86. The summed E-state index contributed by atoms with van der Waals surface area (Å²) in [5.41, 5.74) is 0.877. The van der Waals surface area contributed by atoms with Crippen LogP contribution in [0.3, 0.4) is 0 Å². The van der Waals surface area contributed by atoms with Gasteiger partial charge in [-0.25, -0.2) is 0 Å². The van der Waals surface area contributed by atoms with Gasteiger partial charge in [0.05, 0.1) is 12.3 Å². The van der Waals surface area contributed by atoms with Crippen molar-refractivity contribution in [1.29, 1.82) is 0 Å². The summed E-state index contributed by atoms with van der Waals surface area (Å²) in [5, 5.41) is 0. The van der Waals surface area contributed by atoms with Crippen LogP contribution in [0.2, 0.25) is 0 Å². The van der Waals surface area contributed by atoms with E-state index in [4.69, 9.17) is 14.2 Å². The first-order valence-corrected chi connectivity index (χ1v) is 7.75. The van der Waals surface area contributed by atoms with Gasteiger partial charge in [0.15, 0.2) is 12.4 Å². The molecule has 1 aliphatic heterocycles. The minimum Gasteiger partial charge on any atom is -0.482 e. The molecule has 0 aromatic heterocycles. The van der Waals surface area contributed by atoms with Crippen LogP contribution in [-0.2, 0) is 19.1 Å². The van der Waals surface area contributed by atoms with E-state index < -0.39 is 12.1 Å². The zero-order valence-corrected chi connectivity index (χ0v) is 14.0. The molecule has 7 heteroatoms. The van der Waals surface area contributed by atoms with Crippen LogP contribution in [0.25, 0.3) is 0 Å². The maximum Gasteiger partial charge on any atom is 0.326 e. The van der Waals surface area contributed by atoms with E-state index in [-0.39, 0.29) is 31.4 Å². The Labute approximate surface area is 140 Å². The van der Waals surface area contributed by atoms with Gasteiger partial charge in [-0.2, -0.15) is 0 Å². The van der Waals surface area contributed by atoms with E-state index in [0.717, 1.165) is 0 Å². The molecule has 0 saturated heterocycles. The monoisotopic (exact) mass is 335 g/mol. The number of carbonyl (C=O) groups excluding carboxylic acids is 3. The van der Waals surface area contributed by atoms with Gasteiger partial charge < -0.3 is 14.2 Å². The molecule has 130 valence electrons. The summed E-state index contributed by atoms with van der Waals surface area (Å²) in [6.07, 6.45) is -0.0596. The number of hydrogen-bond acceptors (Lipinski definition) is 6. The van der Waals surface area contributed by atoms with Gasteiger partial charge in [0.1, 0.15) is 18.4 Å². The van der Waals surface area contributed by atoms with Gasteiger partial charge in [0, 0.05) is 19.1 Å². The minimum atomic E-state index is -0.548. The van der Waals surface area contributed by atoms with Crippen LogP contribution in [0.1, 0.15) is 30.6 Å². The SMILES string of the molecule is CCC(=O)c1ccc2c(c1)N(CC(=O)OC(C)COC)C(=O)CO2. The molecule has 0 spiro atoms. The molecule has 1 aromatic carbocycles. The Balaban J connectivity index is 2.20. The summed E-state index contributed by atoms with van der Waals surface area (Å²) in [6.45, 7) is 3.33. The fourth-order valence-electron chi connectivity index (χ4n) is 2.41. The molecule has 1 aromatic rings. The maximum absolute atomic E-state index is 12.1. The van der Waals surface area contributed by atoms with Gasteiger partial charge in [-0.3, -0.25) is 19.3 Å². The van der Waals surface area contributed by atoms with E-state index in [1.165, 1.54) is 12.0 Å². The topological polar surface area (TPSA) is 82.1 Å². The average molecular weight is 335 g/mol. The van der Waals surface area contributed by atoms with Gasteiger partial charge in [0.2, 0.25) is 0 Å². The van der Waals surface area contributed by atoms with Crippen molar-refractivity contribution >= 4 is 23.3 Å². The first-order valence-electron chi connectivity index (χ1n) is 7.75. The number of Topliss-reactive ketones (excluding diaryl/α,β-unsaturated/α-hetero) is 1. The number of ether oxygens (including phenoxy) is 3. The molecule has 1 aliphatic rings. The predicted octanol–water partition coefficient (Wildman–Crippen LogP) is 1.58. The van der Waals surface area contributed by atoms with Crippen LogP contribution < -0.4 is 9.64 Å². The molecule has 1 heterocycles. The first-order chi connectivity index (χ1) is 11.5. The molecule has 24 heavy (non-hydrogen) atoms. The number of nitrogens with zero attached hydrogens (tertiary/aromatic N) is 1. The quantitative estimate of drug-likeness (QED) is 0.556. The molecule has 0 N–H and O–H groups in total. The molecule has 0 fully saturated rings. The Kier molecular flexibility index (Phi) is 5.92. The number of fused-ring (bicyclic) bond motifs is 1. The second kappa shape index (κ2) is 7.92. The summed E-state index contributed by atoms with van der Waals surface area (Å²) < 4.78 is 15.5. The Morgan fingerprint density at radius 2 is 2.12 bits per heavy atom. The second-order valence-electron chi connectivity index (χ2n) is 5.48. The lowest BCUT2D eigenvalue weighted by Gasteiger charge is -2.29. The Hall–Kier alpha value is -2.41. The first kappa shape index (κ1) is 17.9. The fraction of sp³-hybridized carbons (Fsp3) is 0.471. The lowest BCUT2D eigenvalue weighted by Crippen LogP contribution is -2.43. The number of amides is 1. The highest BCUT2D eigenvalue weighted by Crippen LogP contribution is 2.33. The molecule has 2 rings (SSSR count). The minimum absolute atomic E-state index is 0.0490. The number of esters is 1. The Morgan fingerprint density at radius 1 is 1.38 bits per heavy atom. The highest BCUT2D eigenvalue weighted by Gasteiger charge is 2.29. The maximum atomic E-state index is 12.1. The summed E-state index contributed by atoms with van der Waals surface area (Å²) in [7, 11) is 1.51. The van der Waals surface area contributed by atoms with Gasteiger partial charge in [0.25, 0.3) is 5.91 Å². The van der Waals surface area contributed by atoms with E-state index in [1.54, 1.807) is 32.0 Å². The van der Waals surface area contributed by atoms with Crippen LogP contribution in [0.15, 0.2) is 18.2 Å². The standard InChI is InChI=1S/C17H21NO6/c1-4-14(19)12-5-6-15-13(7-12)18(16(20)10-23-15)8-17(21)24-11(2)9-22-3/h5-7,11H,4,8-10H2,1-3H3. The van der Waals surface area contributed by atoms with Gasteiger partial charge in [-0.15, -0.1) is 0 Å². The van der Waals surface area contributed by atoms with Crippen molar-refractivity contribution in [3.05, 3.63) is 23.8 Å². The van der Waals surface area contributed by atoms with Gasteiger partial charge in [-0.1, -0.05) is 6.92 Å². The van der Waals surface area contributed by atoms with Crippen LogP contribution in [0.4, 0.5) is 5.69 Å². The van der Waals surface area contributed by atoms with Gasteiger partial charge >= 0.3 is 5.97 Å². The molecular formula is C17H21NO6. The van der Waals surface area contributed by atoms with Crippen molar-refractivity contribution in [2.24, 2.45) is 0 Å². The Morgan fingerprint density at radius 3 is 2.79 bits per heavy atom. The van der Waals surface area contributed by atoms with Crippen molar-refractivity contribution in [3.63, 3.8) is 0 Å². The number of hydrogen-bond donors (Lipinski definition) is 0. The van der Waals surface area contributed by atoms with Crippen molar-refractivity contribution in [1.82, 2.24) is 0 Å². The van der Waals surface area contributed by atoms with E-state index in [2.05, 4.69) is 0 Å². The number of benzene rings is 1. The predicted molar refractivity (Wildman–Crippen MR) is 86.3 cm³/mol. The van der Waals surface area contributed by atoms with E-state index in [9.17, 15) is 14.4 Å². The molecule has 0 aliphatic carbocycles. The molecule has 1 amide bonds. The van der Waals surface area contributed by atoms with E-state index >= 15 is 0 Å². The fourth-order valence-corrected chi connectivity index (χ4v) is 2.41. The number of rotatable bonds is 7. The largest absolute Gasteiger partial charge is 0.482 e. The number of carbonyl (C=O) groups is 3. The molecule has 1 atom stereocenters. The molecule has 1 unspecified atom stereocenters. The third-order valence-electron chi connectivity index (χ3n) is 3.57. The highest BCUT2D eigenvalue weighted by atomic mass is 16.6. The zero-order chi connectivity index (χ0) is 17.7. The van der Waals surface area contributed by atoms with Crippen LogP contribution in [-0.4, -0.2) is 50.6 Å². The molecule has 7 nitrogen and oxygen atoms in total. The number of ketones is 1. The summed E-state index contributed by atoms with van der Waals surface area (Å²) in [4.78, 5) is 37.3. The number of anilines is 1. The third kappa shape index (κ3) is 4.11. The summed E-state index contributed by atoms with van der Waals surface area (Å²) in [5.74, 6) is -0.500. The van der Waals surface area contributed by atoms with E-state index in [0.29, 0.717) is 23.4 Å². The van der Waals surface area contributed by atoms with Crippen molar-refractivity contribution in [2.75, 3.05) is 31.8 Å². The van der Waals surface area contributed by atoms with Crippen LogP contribution >= 0.6 is 0 Å². The highest BCUT2D eigenvalue weighted by molar-refractivity contribution is 6.04. The average Bonchev–Trinajstić information content (AvgIpc) is 2.56.